The van der Waals surface area contributed by atoms with Crippen LogP contribution in [0, 0.1) is 6.92 Å². The van der Waals surface area contributed by atoms with Gasteiger partial charge in [-0.1, -0.05) is 12.1 Å². The number of aryl methyl sites for hydroxylation is 1. The number of benzene rings is 1. The van der Waals surface area contributed by atoms with Crippen LogP contribution >= 0.6 is 0 Å². The van der Waals surface area contributed by atoms with Crippen LogP contribution in [0.15, 0.2) is 33.7 Å². The molecule has 0 aliphatic heterocycles. The van der Waals surface area contributed by atoms with E-state index in [9.17, 15) is 9.90 Å². The Balaban J connectivity index is 2.90. The van der Waals surface area contributed by atoms with E-state index in [1.807, 2.05) is 0 Å². The lowest BCUT2D eigenvalue weighted by atomic mass is 10.1. The molecule has 2 rings (SSSR count). The molecule has 0 amide bonds. The van der Waals surface area contributed by atoms with Gasteiger partial charge in [0.05, 0.1) is 17.8 Å². The first-order chi connectivity index (χ1) is 7.11. The molecule has 0 aliphatic carbocycles. The van der Waals surface area contributed by atoms with Crippen LogP contribution in [0.3, 0.4) is 0 Å². The van der Waals surface area contributed by atoms with Gasteiger partial charge in [0, 0.05) is 11.1 Å². The summed E-state index contributed by atoms with van der Waals surface area (Å²) in [6, 6.07) is 5.21. The fourth-order valence-electron chi connectivity index (χ4n) is 1.61. The van der Waals surface area contributed by atoms with Gasteiger partial charge >= 0.3 is 0 Å². The Labute approximate surface area is 87.0 Å². The van der Waals surface area contributed by atoms with E-state index in [0.29, 0.717) is 22.1 Å². The van der Waals surface area contributed by atoms with Gasteiger partial charge in [0.1, 0.15) is 5.58 Å². The zero-order valence-electron chi connectivity index (χ0n) is 8.65. The first-order valence-electron chi connectivity index (χ1n) is 4.80. The largest absolute Gasteiger partial charge is 0.463 e. The van der Waals surface area contributed by atoms with Gasteiger partial charge in [-0.3, -0.25) is 4.79 Å². The SMILES string of the molecule is Cc1coc2c(C(C)O)cccc2c1=O. The van der Waals surface area contributed by atoms with Crippen LogP contribution in [-0.4, -0.2) is 5.11 Å². The molecule has 1 N–H and O–H groups in total. The molecule has 0 aliphatic rings. The first-order valence-corrected chi connectivity index (χ1v) is 4.80. The Morgan fingerprint density at radius 2 is 2.13 bits per heavy atom. The smallest absolute Gasteiger partial charge is 0.195 e. The van der Waals surface area contributed by atoms with Crippen LogP contribution in [0.25, 0.3) is 11.0 Å². The molecule has 0 saturated carbocycles. The lowest BCUT2D eigenvalue weighted by molar-refractivity contribution is 0.199. The molecule has 15 heavy (non-hydrogen) atoms. The fraction of sp³-hybridized carbons (Fsp3) is 0.250. The Bertz CT molecular complexity index is 552. The van der Waals surface area contributed by atoms with E-state index in [0.717, 1.165) is 0 Å². The van der Waals surface area contributed by atoms with E-state index in [1.165, 1.54) is 6.26 Å². The Morgan fingerprint density at radius 3 is 2.80 bits per heavy atom. The van der Waals surface area contributed by atoms with Crippen LogP contribution in [0.5, 0.6) is 0 Å². The van der Waals surface area contributed by atoms with E-state index in [-0.39, 0.29) is 5.43 Å². The number of hydrogen-bond donors (Lipinski definition) is 1. The van der Waals surface area contributed by atoms with Crippen molar-refractivity contribution in [3.63, 3.8) is 0 Å². The van der Waals surface area contributed by atoms with E-state index >= 15 is 0 Å². The Morgan fingerprint density at radius 1 is 1.40 bits per heavy atom. The second-order valence-corrected chi connectivity index (χ2v) is 3.65. The monoisotopic (exact) mass is 204 g/mol. The van der Waals surface area contributed by atoms with Crippen LogP contribution in [-0.2, 0) is 0 Å². The highest BCUT2D eigenvalue weighted by atomic mass is 16.3. The third-order valence-electron chi connectivity index (χ3n) is 2.45. The topological polar surface area (TPSA) is 50.4 Å². The molecule has 1 aromatic carbocycles. The van der Waals surface area contributed by atoms with Gasteiger partial charge in [0.15, 0.2) is 5.43 Å². The van der Waals surface area contributed by atoms with E-state index in [1.54, 1.807) is 32.0 Å². The van der Waals surface area contributed by atoms with Crippen molar-refractivity contribution in [1.29, 1.82) is 0 Å². The fourth-order valence-corrected chi connectivity index (χ4v) is 1.61. The third kappa shape index (κ3) is 1.55. The average Bonchev–Trinajstić information content (AvgIpc) is 2.23. The number of para-hydroxylation sites is 1. The van der Waals surface area contributed by atoms with Crippen molar-refractivity contribution < 1.29 is 9.52 Å². The molecule has 3 nitrogen and oxygen atoms in total. The van der Waals surface area contributed by atoms with Gasteiger partial charge in [-0.25, -0.2) is 0 Å². The second-order valence-electron chi connectivity index (χ2n) is 3.65. The molecule has 0 spiro atoms. The minimum absolute atomic E-state index is 0.0428. The standard InChI is InChI=1S/C12H12O3/c1-7-6-15-12-9(8(2)13)4-3-5-10(12)11(7)14/h3-6,8,13H,1-2H3. The summed E-state index contributed by atoms with van der Waals surface area (Å²) in [5, 5.41) is 10.0. The first kappa shape index (κ1) is 9.93. The maximum atomic E-state index is 11.8. The molecule has 78 valence electrons. The average molecular weight is 204 g/mol. The molecular formula is C12H12O3. The summed E-state index contributed by atoms with van der Waals surface area (Å²) in [5.41, 5.74) is 1.65. The summed E-state index contributed by atoms with van der Waals surface area (Å²) in [5.74, 6) is 0. The molecule has 3 heteroatoms. The van der Waals surface area contributed by atoms with Gasteiger partial charge < -0.3 is 9.52 Å². The van der Waals surface area contributed by atoms with Gasteiger partial charge in [-0.2, -0.15) is 0 Å². The summed E-state index contributed by atoms with van der Waals surface area (Å²) in [6.45, 7) is 3.36. The number of hydrogen-bond acceptors (Lipinski definition) is 3. The highest BCUT2D eigenvalue weighted by Gasteiger charge is 2.10. The van der Waals surface area contributed by atoms with Crippen molar-refractivity contribution in [2.24, 2.45) is 0 Å². The molecule has 0 fully saturated rings. The summed E-state index contributed by atoms with van der Waals surface area (Å²) in [7, 11) is 0. The second kappa shape index (κ2) is 3.51. The van der Waals surface area contributed by atoms with E-state index in [4.69, 9.17) is 4.42 Å². The summed E-state index contributed by atoms with van der Waals surface area (Å²) < 4.78 is 5.36. The highest BCUT2D eigenvalue weighted by molar-refractivity contribution is 5.80. The summed E-state index contributed by atoms with van der Waals surface area (Å²) in [6.07, 6.45) is 0.788. The number of aliphatic hydroxyl groups is 1. The molecule has 1 heterocycles. The zero-order chi connectivity index (χ0) is 11.0. The predicted molar refractivity (Wildman–Crippen MR) is 57.9 cm³/mol. The van der Waals surface area contributed by atoms with Crippen LogP contribution < -0.4 is 5.43 Å². The molecule has 1 unspecified atom stereocenters. The van der Waals surface area contributed by atoms with Crippen molar-refractivity contribution >= 4 is 11.0 Å². The number of aliphatic hydroxyl groups excluding tert-OH is 1. The van der Waals surface area contributed by atoms with Gasteiger partial charge in [0.25, 0.3) is 0 Å². The molecule has 2 aromatic rings. The molecule has 0 radical (unpaired) electrons. The van der Waals surface area contributed by atoms with Crippen molar-refractivity contribution in [3.8, 4) is 0 Å². The van der Waals surface area contributed by atoms with Gasteiger partial charge in [0.2, 0.25) is 0 Å². The van der Waals surface area contributed by atoms with Crippen LogP contribution in [0.2, 0.25) is 0 Å². The van der Waals surface area contributed by atoms with E-state index < -0.39 is 6.10 Å². The van der Waals surface area contributed by atoms with Crippen LogP contribution in [0.1, 0.15) is 24.2 Å². The minimum atomic E-state index is -0.639. The van der Waals surface area contributed by atoms with Gasteiger partial charge in [-0.05, 0) is 19.9 Å². The Kier molecular flexibility index (Phi) is 2.32. The third-order valence-corrected chi connectivity index (χ3v) is 2.45. The number of rotatable bonds is 1. The highest BCUT2D eigenvalue weighted by Crippen LogP contribution is 2.22. The van der Waals surface area contributed by atoms with Gasteiger partial charge in [-0.15, -0.1) is 0 Å². The number of fused-ring (bicyclic) bond motifs is 1. The quantitative estimate of drug-likeness (QED) is 0.774. The van der Waals surface area contributed by atoms with Crippen molar-refractivity contribution in [3.05, 3.63) is 45.8 Å². The van der Waals surface area contributed by atoms with Crippen molar-refractivity contribution in [2.75, 3.05) is 0 Å². The lowest BCUT2D eigenvalue weighted by Gasteiger charge is -2.07. The molecule has 1 atom stereocenters. The zero-order valence-corrected chi connectivity index (χ0v) is 8.65. The normalized spacial score (nSPS) is 13.0. The molecular weight excluding hydrogens is 192 g/mol. The van der Waals surface area contributed by atoms with Crippen molar-refractivity contribution in [1.82, 2.24) is 0 Å². The van der Waals surface area contributed by atoms with Crippen LogP contribution in [0.4, 0.5) is 0 Å². The molecule has 0 saturated heterocycles. The van der Waals surface area contributed by atoms with Crippen molar-refractivity contribution in [2.45, 2.75) is 20.0 Å². The lowest BCUT2D eigenvalue weighted by Crippen LogP contribution is -2.06. The summed E-state index contributed by atoms with van der Waals surface area (Å²) in [4.78, 5) is 11.8. The van der Waals surface area contributed by atoms with E-state index in [2.05, 4.69) is 0 Å². The summed E-state index contributed by atoms with van der Waals surface area (Å²) >= 11 is 0. The molecule has 0 bridgehead atoms. The maximum absolute atomic E-state index is 11.8. The predicted octanol–water partition coefficient (Wildman–Crippen LogP) is 2.15. The Hall–Kier alpha value is -1.61. The maximum Gasteiger partial charge on any atom is 0.195 e. The minimum Gasteiger partial charge on any atom is -0.463 e. The molecule has 1 aromatic heterocycles.